The molecule has 1 fully saturated rings. The fraction of sp³-hybridized carbons (Fsp3) is 0.696. The molecule has 7 nitrogen and oxygen atoms in total. The van der Waals surface area contributed by atoms with E-state index in [-0.39, 0.29) is 29.5 Å². The number of ether oxygens (including phenoxy) is 3. The topological polar surface area (TPSA) is 67.4 Å². The van der Waals surface area contributed by atoms with Crippen LogP contribution in [0.15, 0.2) is 17.1 Å². The number of methoxy groups -OCH3 is 3. The molecule has 1 saturated heterocycles. The number of piperidine rings is 1. The number of rotatable bonds is 10. The van der Waals surface area contributed by atoms with Gasteiger partial charge in [0.15, 0.2) is 17.5 Å². The van der Waals surface area contributed by atoms with Crippen LogP contribution in [-0.2, 0) is 6.42 Å². The monoisotopic (exact) mass is 548 g/mol. The molecule has 2 N–H and O–H groups in total. The van der Waals surface area contributed by atoms with Crippen molar-refractivity contribution in [1.29, 1.82) is 0 Å². The number of hydrogen-bond acceptors (Lipinski definition) is 5. The van der Waals surface area contributed by atoms with Crippen molar-refractivity contribution >= 4 is 29.9 Å². The number of nitrogens with one attached hydrogen (secondary N) is 2. The highest BCUT2D eigenvalue weighted by Crippen LogP contribution is 2.39. The van der Waals surface area contributed by atoms with Crippen LogP contribution in [0.5, 0.6) is 17.2 Å². The summed E-state index contributed by atoms with van der Waals surface area (Å²) in [6.45, 7) is 11.3. The summed E-state index contributed by atoms with van der Waals surface area (Å²) in [5.74, 6) is 2.86. The minimum Gasteiger partial charge on any atom is -0.493 e. The van der Waals surface area contributed by atoms with Gasteiger partial charge >= 0.3 is 0 Å². The molecule has 0 radical (unpaired) electrons. The minimum atomic E-state index is 0. The van der Waals surface area contributed by atoms with E-state index in [1.165, 1.54) is 32.4 Å². The van der Waals surface area contributed by atoms with E-state index in [1.807, 2.05) is 12.1 Å². The zero-order chi connectivity index (χ0) is 22.0. The van der Waals surface area contributed by atoms with E-state index >= 15 is 0 Å². The van der Waals surface area contributed by atoms with E-state index in [1.54, 1.807) is 21.3 Å². The Morgan fingerprint density at radius 3 is 2.26 bits per heavy atom. The molecule has 1 aliphatic heterocycles. The number of benzene rings is 1. The third-order valence-electron chi connectivity index (χ3n) is 5.65. The molecule has 2 rings (SSSR count). The number of guanidine groups is 1. The molecule has 0 unspecified atom stereocenters. The largest absolute Gasteiger partial charge is 0.493 e. The van der Waals surface area contributed by atoms with Crippen molar-refractivity contribution in [3.05, 3.63) is 17.7 Å². The molecular formula is C23H41IN4O3. The first-order chi connectivity index (χ1) is 14.5. The van der Waals surface area contributed by atoms with E-state index in [9.17, 15) is 0 Å². The molecule has 0 spiro atoms. The van der Waals surface area contributed by atoms with Crippen molar-refractivity contribution in [3.63, 3.8) is 0 Å². The van der Waals surface area contributed by atoms with Gasteiger partial charge in [0.25, 0.3) is 0 Å². The lowest BCUT2D eigenvalue weighted by Gasteiger charge is -2.40. The molecule has 0 atom stereocenters. The van der Waals surface area contributed by atoms with Crippen LogP contribution in [-0.4, -0.2) is 70.5 Å². The number of nitrogens with zero attached hydrogens (tertiary/aromatic N) is 2. The van der Waals surface area contributed by atoms with Crippen LogP contribution < -0.4 is 24.8 Å². The van der Waals surface area contributed by atoms with Crippen LogP contribution in [0.4, 0.5) is 0 Å². The first-order valence-electron chi connectivity index (χ1n) is 11.0. The molecule has 0 saturated carbocycles. The number of likely N-dealkylation sites (tertiary alicyclic amines) is 1. The lowest BCUT2D eigenvalue weighted by Crippen LogP contribution is -2.49. The summed E-state index contributed by atoms with van der Waals surface area (Å²) >= 11 is 0. The van der Waals surface area contributed by atoms with Gasteiger partial charge < -0.3 is 24.8 Å². The predicted molar refractivity (Wildman–Crippen MR) is 139 cm³/mol. The summed E-state index contributed by atoms with van der Waals surface area (Å²) in [5.41, 5.74) is 1.13. The Balaban J connectivity index is 0.00000480. The molecule has 178 valence electrons. The van der Waals surface area contributed by atoms with E-state index in [4.69, 9.17) is 19.2 Å². The van der Waals surface area contributed by atoms with Gasteiger partial charge in [-0.1, -0.05) is 12.5 Å². The van der Waals surface area contributed by atoms with Crippen LogP contribution in [0.25, 0.3) is 0 Å². The highest BCUT2D eigenvalue weighted by Gasteiger charge is 2.27. The maximum Gasteiger partial charge on any atom is 0.203 e. The third-order valence-corrected chi connectivity index (χ3v) is 5.65. The second-order valence-electron chi connectivity index (χ2n) is 8.23. The van der Waals surface area contributed by atoms with Gasteiger partial charge in [-0.05, 0) is 59.2 Å². The fourth-order valence-electron chi connectivity index (χ4n) is 3.89. The van der Waals surface area contributed by atoms with E-state index < -0.39 is 0 Å². The molecule has 0 amide bonds. The van der Waals surface area contributed by atoms with E-state index in [0.717, 1.165) is 37.6 Å². The summed E-state index contributed by atoms with van der Waals surface area (Å²) in [5, 5.41) is 6.81. The maximum atomic E-state index is 5.59. The van der Waals surface area contributed by atoms with Crippen molar-refractivity contribution in [1.82, 2.24) is 15.5 Å². The van der Waals surface area contributed by atoms with Crippen LogP contribution in [0.3, 0.4) is 0 Å². The molecule has 1 aliphatic rings. The Labute approximate surface area is 205 Å². The zero-order valence-corrected chi connectivity index (χ0v) is 22.4. The third kappa shape index (κ3) is 7.89. The number of halogens is 1. The van der Waals surface area contributed by atoms with Crippen LogP contribution >= 0.6 is 24.0 Å². The van der Waals surface area contributed by atoms with E-state index in [2.05, 4.69) is 36.3 Å². The SMILES string of the molecule is CCNC(=NCC(C)(C)N1CCCCC1)NCCc1ccc(OC)c(OC)c1OC.I. The molecule has 8 heteroatoms. The summed E-state index contributed by atoms with van der Waals surface area (Å²) in [4.78, 5) is 7.44. The molecule has 0 aliphatic carbocycles. The summed E-state index contributed by atoms with van der Waals surface area (Å²) in [6.07, 6.45) is 4.71. The Morgan fingerprint density at radius 1 is 1.00 bits per heavy atom. The van der Waals surface area contributed by atoms with Gasteiger partial charge in [-0.15, -0.1) is 24.0 Å². The first-order valence-corrected chi connectivity index (χ1v) is 11.0. The second kappa shape index (κ2) is 13.9. The van der Waals surface area contributed by atoms with Crippen molar-refractivity contribution in [2.75, 3.05) is 54.1 Å². The van der Waals surface area contributed by atoms with E-state index in [0.29, 0.717) is 17.2 Å². The fourth-order valence-corrected chi connectivity index (χ4v) is 3.89. The zero-order valence-electron chi connectivity index (χ0n) is 20.0. The smallest absolute Gasteiger partial charge is 0.203 e. The van der Waals surface area contributed by atoms with Crippen LogP contribution in [0.1, 0.15) is 45.6 Å². The molecule has 1 aromatic carbocycles. The second-order valence-corrected chi connectivity index (χ2v) is 8.23. The normalized spacial score (nSPS) is 15.1. The van der Waals surface area contributed by atoms with Gasteiger partial charge in [0.2, 0.25) is 5.75 Å². The van der Waals surface area contributed by atoms with Gasteiger partial charge in [-0.3, -0.25) is 9.89 Å². The highest BCUT2D eigenvalue weighted by atomic mass is 127. The molecular weight excluding hydrogens is 507 g/mol. The standard InChI is InChI=1S/C23H40N4O3.HI/c1-7-24-22(26-17-23(2,3)27-15-9-8-10-16-27)25-14-13-18-11-12-19(28-4)21(30-6)20(18)29-5;/h11-12H,7-10,13-17H2,1-6H3,(H2,24,25,26);1H. The molecule has 0 aromatic heterocycles. The van der Waals surface area contributed by atoms with Crippen molar-refractivity contribution < 1.29 is 14.2 Å². The van der Waals surface area contributed by atoms with Gasteiger partial charge in [0.05, 0.1) is 27.9 Å². The Kier molecular flexibility index (Phi) is 12.4. The minimum absolute atomic E-state index is 0. The lowest BCUT2D eigenvalue weighted by atomic mass is 9.99. The first kappa shape index (κ1) is 27.6. The molecule has 31 heavy (non-hydrogen) atoms. The van der Waals surface area contributed by atoms with Crippen molar-refractivity contribution in [3.8, 4) is 17.2 Å². The molecule has 1 heterocycles. The van der Waals surface area contributed by atoms with Crippen LogP contribution in [0, 0.1) is 0 Å². The van der Waals surface area contributed by atoms with Gasteiger partial charge in [0, 0.05) is 24.2 Å². The van der Waals surface area contributed by atoms with Gasteiger partial charge in [0.1, 0.15) is 0 Å². The summed E-state index contributed by atoms with van der Waals surface area (Å²) < 4.78 is 16.4. The lowest BCUT2D eigenvalue weighted by molar-refractivity contribution is 0.102. The number of hydrogen-bond donors (Lipinski definition) is 2. The Morgan fingerprint density at radius 2 is 1.68 bits per heavy atom. The summed E-state index contributed by atoms with van der Waals surface area (Å²) in [7, 11) is 4.91. The number of aliphatic imine (C=N–C) groups is 1. The van der Waals surface area contributed by atoms with Crippen LogP contribution in [0.2, 0.25) is 0 Å². The summed E-state index contributed by atoms with van der Waals surface area (Å²) in [6, 6.07) is 3.93. The van der Waals surface area contributed by atoms with Gasteiger partial charge in [-0.2, -0.15) is 0 Å². The van der Waals surface area contributed by atoms with Gasteiger partial charge in [-0.25, -0.2) is 0 Å². The maximum absolute atomic E-state index is 5.59. The average Bonchev–Trinajstić information content (AvgIpc) is 2.77. The van der Waals surface area contributed by atoms with Crippen molar-refractivity contribution in [2.24, 2.45) is 4.99 Å². The quantitative estimate of drug-likeness (QED) is 0.264. The Hall–Kier alpha value is -1.42. The molecule has 0 bridgehead atoms. The Bertz CT molecular complexity index is 692. The predicted octanol–water partition coefficient (Wildman–Crippen LogP) is 3.69. The van der Waals surface area contributed by atoms with Crippen molar-refractivity contribution in [2.45, 2.75) is 52.0 Å². The molecule has 1 aromatic rings. The average molecular weight is 549 g/mol. The highest BCUT2D eigenvalue weighted by molar-refractivity contribution is 14.0.